The number of imide groups is 2. The SMILES string of the molecule is CCc1ccc(N2C(=O)NC(=O)[C@@H](C=NCCN(C)C)C2=O)cc1. The monoisotopic (exact) mass is 330 g/mol. The minimum atomic E-state index is -1.09. The van der Waals surface area contributed by atoms with Gasteiger partial charge < -0.3 is 4.90 Å². The zero-order valence-electron chi connectivity index (χ0n) is 14.2. The molecular weight excluding hydrogens is 308 g/mol. The molecule has 2 rings (SSSR count). The van der Waals surface area contributed by atoms with Gasteiger partial charge in [-0.3, -0.25) is 19.9 Å². The molecule has 7 nitrogen and oxygen atoms in total. The van der Waals surface area contributed by atoms with Gasteiger partial charge in [0, 0.05) is 12.8 Å². The Bertz CT molecular complexity index is 652. The average Bonchev–Trinajstić information content (AvgIpc) is 2.54. The number of hydrogen-bond acceptors (Lipinski definition) is 5. The minimum Gasteiger partial charge on any atom is -0.308 e. The minimum absolute atomic E-state index is 0.439. The average molecular weight is 330 g/mol. The Labute approximate surface area is 141 Å². The molecule has 1 atom stereocenters. The second-order valence-corrected chi connectivity index (χ2v) is 5.82. The molecule has 1 N–H and O–H groups in total. The number of nitrogens with one attached hydrogen (secondary N) is 1. The van der Waals surface area contributed by atoms with Gasteiger partial charge in [-0.1, -0.05) is 19.1 Å². The molecule has 1 aliphatic rings. The molecule has 1 saturated heterocycles. The highest BCUT2D eigenvalue weighted by atomic mass is 16.2. The van der Waals surface area contributed by atoms with Gasteiger partial charge in [0.15, 0.2) is 5.92 Å². The molecule has 0 unspecified atom stereocenters. The highest BCUT2D eigenvalue weighted by Gasteiger charge is 2.40. The summed E-state index contributed by atoms with van der Waals surface area (Å²) in [5, 5.41) is 2.21. The number of hydrogen-bond donors (Lipinski definition) is 1. The van der Waals surface area contributed by atoms with Crippen molar-refractivity contribution in [1.82, 2.24) is 10.2 Å². The molecule has 7 heteroatoms. The number of benzene rings is 1. The standard InChI is InChI=1S/C17H22N4O3/c1-4-12-5-7-13(8-6-12)21-16(23)14(15(22)19-17(21)24)11-18-9-10-20(2)3/h5-8,11,14H,4,9-10H2,1-3H3,(H,19,22,24)/t14-/m1/s1. The van der Waals surface area contributed by atoms with Gasteiger partial charge in [0.05, 0.1) is 12.2 Å². The predicted octanol–water partition coefficient (Wildman–Crippen LogP) is 1.08. The summed E-state index contributed by atoms with van der Waals surface area (Å²) in [7, 11) is 3.82. The van der Waals surface area contributed by atoms with Gasteiger partial charge in [-0.2, -0.15) is 0 Å². The molecule has 24 heavy (non-hydrogen) atoms. The zero-order chi connectivity index (χ0) is 17.7. The Morgan fingerprint density at radius 3 is 2.46 bits per heavy atom. The molecule has 0 bridgehead atoms. The fraction of sp³-hybridized carbons (Fsp3) is 0.412. The molecule has 0 aromatic heterocycles. The number of likely N-dealkylation sites (N-methyl/N-ethyl adjacent to an activating group) is 1. The Hall–Kier alpha value is -2.54. The normalized spacial score (nSPS) is 18.6. The fourth-order valence-electron chi connectivity index (χ4n) is 2.28. The topological polar surface area (TPSA) is 82.1 Å². The van der Waals surface area contributed by atoms with Gasteiger partial charge in [-0.05, 0) is 38.2 Å². The Morgan fingerprint density at radius 1 is 1.21 bits per heavy atom. The highest BCUT2D eigenvalue weighted by Crippen LogP contribution is 2.21. The molecule has 4 amide bonds. The van der Waals surface area contributed by atoms with Crippen LogP contribution in [0.2, 0.25) is 0 Å². The van der Waals surface area contributed by atoms with Gasteiger partial charge in [-0.15, -0.1) is 0 Å². The third-order valence-electron chi connectivity index (χ3n) is 3.74. The van der Waals surface area contributed by atoms with E-state index < -0.39 is 23.8 Å². The van der Waals surface area contributed by atoms with E-state index in [1.54, 1.807) is 12.1 Å². The van der Waals surface area contributed by atoms with E-state index in [0.717, 1.165) is 16.9 Å². The van der Waals surface area contributed by atoms with Gasteiger partial charge in [0.2, 0.25) is 5.91 Å². The van der Waals surface area contributed by atoms with E-state index in [1.807, 2.05) is 38.1 Å². The number of rotatable bonds is 6. The van der Waals surface area contributed by atoms with Crippen LogP contribution in [-0.2, 0) is 16.0 Å². The molecule has 1 aromatic carbocycles. The summed E-state index contributed by atoms with van der Waals surface area (Å²) in [5.41, 5.74) is 1.54. The van der Waals surface area contributed by atoms with Gasteiger partial charge >= 0.3 is 6.03 Å². The number of barbiturate groups is 1. The van der Waals surface area contributed by atoms with Gasteiger partial charge in [0.25, 0.3) is 5.91 Å². The van der Waals surface area contributed by atoms with E-state index in [2.05, 4.69) is 10.3 Å². The lowest BCUT2D eigenvalue weighted by molar-refractivity contribution is -0.131. The first-order chi connectivity index (χ1) is 11.4. The molecule has 1 heterocycles. The number of carbonyl (C=O) groups is 3. The van der Waals surface area contributed by atoms with E-state index in [1.165, 1.54) is 6.21 Å². The van der Waals surface area contributed by atoms with Gasteiger partial charge in [0.1, 0.15) is 0 Å². The summed E-state index contributed by atoms with van der Waals surface area (Å²) in [6, 6.07) is 6.38. The van der Waals surface area contributed by atoms with Crippen molar-refractivity contribution in [2.45, 2.75) is 13.3 Å². The van der Waals surface area contributed by atoms with Crippen LogP contribution in [0.5, 0.6) is 0 Å². The molecule has 1 fully saturated rings. The molecule has 0 radical (unpaired) electrons. The van der Waals surface area contributed by atoms with Crippen molar-refractivity contribution >= 4 is 29.7 Å². The van der Waals surface area contributed by atoms with Crippen molar-refractivity contribution in [3.8, 4) is 0 Å². The third-order valence-corrected chi connectivity index (χ3v) is 3.74. The maximum Gasteiger partial charge on any atom is 0.335 e. The van der Waals surface area contributed by atoms with Crippen LogP contribution in [0.3, 0.4) is 0 Å². The third kappa shape index (κ3) is 4.05. The Morgan fingerprint density at radius 2 is 1.88 bits per heavy atom. The van der Waals surface area contributed by atoms with Crippen LogP contribution in [-0.4, -0.2) is 56.1 Å². The van der Waals surface area contributed by atoms with Crippen LogP contribution < -0.4 is 10.2 Å². The second kappa shape index (κ2) is 7.83. The first-order valence-electron chi connectivity index (χ1n) is 7.86. The Balaban J connectivity index is 2.17. The van der Waals surface area contributed by atoms with Crippen LogP contribution in [0.25, 0.3) is 0 Å². The number of nitrogens with zero attached hydrogens (tertiary/aromatic N) is 3. The van der Waals surface area contributed by atoms with E-state index in [9.17, 15) is 14.4 Å². The summed E-state index contributed by atoms with van der Waals surface area (Å²) in [5.74, 6) is -2.31. The van der Waals surface area contributed by atoms with Crippen LogP contribution in [0, 0.1) is 5.92 Å². The van der Waals surface area contributed by atoms with E-state index in [-0.39, 0.29) is 0 Å². The molecule has 1 aromatic rings. The van der Waals surface area contributed by atoms with E-state index >= 15 is 0 Å². The number of aliphatic imine (C=N–C) groups is 1. The zero-order valence-corrected chi connectivity index (χ0v) is 14.2. The summed E-state index contributed by atoms with van der Waals surface area (Å²) in [4.78, 5) is 43.6. The lowest BCUT2D eigenvalue weighted by atomic mass is 10.1. The van der Waals surface area contributed by atoms with Crippen molar-refractivity contribution in [2.75, 3.05) is 32.1 Å². The van der Waals surface area contributed by atoms with Gasteiger partial charge in [-0.25, -0.2) is 9.69 Å². The molecule has 0 aliphatic carbocycles. The molecule has 1 aliphatic heterocycles. The number of urea groups is 1. The molecule has 0 spiro atoms. The molecule has 128 valence electrons. The number of carbonyl (C=O) groups excluding carboxylic acids is 3. The number of anilines is 1. The van der Waals surface area contributed by atoms with Crippen LogP contribution in [0.15, 0.2) is 29.3 Å². The summed E-state index contributed by atoms with van der Waals surface area (Å²) >= 11 is 0. The smallest absolute Gasteiger partial charge is 0.308 e. The van der Waals surface area contributed by atoms with E-state index in [4.69, 9.17) is 0 Å². The molecular formula is C17H22N4O3. The van der Waals surface area contributed by atoms with Crippen molar-refractivity contribution in [2.24, 2.45) is 10.9 Å². The van der Waals surface area contributed by atoms with Crippen LogP contribution >= 0.6 is 0 Å². The predicted molar refractivity (Wildman–Crippen MR) is 92.2 cm³/mol. The summed E-state index contributed by atoms with van der Waals surface area (Å²) < 4.78 is 0. The second-order valence-electron chi connectivity index (χ2n) is 5.82. The lowest BCUT2D eigenvalue weighted by Gasteiger charge is -2.28. The quantitative estimate of drug-likeness (QED) is 0.625. The lowest BCUT2D eigenvalue weighted by Crippen LogP contribution is -2.58. The first-order valence-corrected chi connectivity index (χ1v) is 7.86. The maximum absolute atomic E-state index is 12.6. The van der Waals surface area contributed by atoms with Crippen molar-refractivity contribution in [3.05, 3.63) is 29.8 Å². The van der Waals surface area contributed by atoms with Crippen molar-refractivity contribution in [3.63, 3.8) is 0 Å². The first kappa shape index (κ1) is 17.8. The maximum atomic E-state index is 12.6. The van der Waals surface area contributed by atoms with Crippen molar-refractivity contribution in [1.29, 1.82) is 0 Å². The van der Waals surface area contributed by atoms with E-state index in [0.29, 0.717) is 18.8 Å². The summed E-state index contributed by atoms with van der Waals surface area (Å²) in [6.45, 7) is 3.20. The van der Waals surface area contributed by atoms with Crippen LogP contribution in [0.4, 0.5) is 10.5 Å². The summed E-state index contributed by atoms with van der Waals surface area (Å²) in [6.07, 6.45) is 2.18. The van der Waals surface area contributed by atoms with Crippen molar-refractivity contribution < 1.29 is 14.4 Å². The highest BCUT2D eigenvalue weighted by molar-refractivity contribution is 6.32. The number of amides is 4. The Kier molecular flexibility index (Phi) is 5.81. The molecule has 0 saturated carbocycles. The van der Waals surface area contributed by atoms with Crippen LogP contribution in [0.1, 0.15) is 12.5 Å². The largest absolute Gasteiger partial charge is 0.335 e. The number of aryl methyl sites for hydroxylation is 1. The fourth-order valence-corrected chi connectivity index (χ4v) is 2.28.